The Labute approximate surface area is 223 Å². The summed E-state index contributed by atoms with van der Waals surface area (Å²) in [4.78, 5) is 30.6. The molecular weight excluding hydrogens is 480 g/mol. The monoisotopic (exact) mass is 516 g/mol. The van der Waals surface area contributed by atoms with Crippen LogP contribution in [0.15, 0.2) is 54.9 Å². The molecule has 0 bridgehead atoms. The number of nitrogens with one attached hydrogen (secondary N) is 3. The number of piperazine rings is 1. The maximum absolute atomic E-state index is 12.3. The van der Waals surface area contributed by atoms with Crippen molar-refractivity contribution in [2.45, 2.75) is 31.9 Å². The largest absolute Gasteiger partial charge is 0.392 e. The van der Waals surface area contributed by atoms with E-state index < -0.39 is 0 Å². The lowest BCUT2D eigenvalue weighted by molar-refractivity contribution is -0.122. The number of carbonyl (C=O) groups is 1. The fourth-order valence-electron chi connectivity index (χ4n) is 5.11. The van der Waals surface area contributed by atoms with E-state index in [4.69, 9.17) is 4.98 Å². The Morgan fingerprint density at radius 2 is 2.00 bits per heavy atom. The zero-order valence-corrected chi connectivity index (χ0v) is 21.6. The van der Waals surface area contributed by atoms with Gasteiger partial charge in [0.25, 0.3) is 0 Å². The van der Waals surface area contributed by atoms with Gasteiger partial charge in [-0.15, -0.1) is 0 Å². The SMILES string of the molecule is O=C(CN1CCNCC1)NCCC1CCCN1c1ccc(-c2ccnc(Nc3cccc(CO)c3)n2)cn1. The molecule has 10 nitrogen and oxygen atoms in total. The predicted octanol–water partition coefficient (Wildman–Crippen LogP) is 2.15. The summed E-state index contributed by atoms with van der Waals surface area (Å²) in [5.74, 6) is 1.55. The van der Waals surface area contributed by atoms with Gasteiger partial charge in [0.05, 0.1) is 18.8 Å². The molecule has 4 N–H and O–H groups in total. The quantitative estimate of drug-likeness (QED) is 0.321. The lowest BCUT2D eigenvalue weighted by Gasteiger charge is -2.27. The first kappa shape index (κ1) is 26.0. The van der Waals surface area contributed by atoms with Gasteiger partial charge in [-0.2, -0.15) is 0 Å². The number of pyridine rings is 1. The van der Waals surface area contributed by atoms with Crippen LogP contribution in [0.5, 0.6) is 0 Å². The smallest absolute Gasteiger partial charge is 0.234 e. The number of aliphatic hydroxyl groups is 1. The van der Waals surface area contributed by atoms with Crippen LogP contribution < -0.4 is 20.9 Å². The normalized spacial score (nSPS) is 17.9. The second-order valence-electron chi connectivity index (χ2n) is 9.81. The predicted molar refractivity (Wildman–Crippen MR) is 148 cm³/mol. The molecule has 200 valence electrons. The van der Waals surface area contributed by atoms with Gasteiger partial charge in [-0.05, 0) is 55.2 Å². The van der Waals surface area contributed by atoms with E-state index in [-0.39, 0.29) is 12.5 Å². The van der Waals surface area contributed by atoms with E-state index in [1.54, 1.807) is 6.20 Å². The zero-order chi connectivity index (χ0) is 26.2. The number of aliphatic hydroxyl groups excluding tert-OH is 1. The highest BCUT2D eigenvalue weighted by molar-refractivity contribution is 5.78. The van der Waals surface area contributed by atoms with E-state index in [0.717, 1.165) is 80.3 Å². The van der Waals surface area contributed by atoms with E-state index in [0.29, 0.717) is 25.1 Å². The second-order valence-corrected chi connectivity index (χ2v) is 9.81. The van der Waals surface area contributed by atoms with Crippen LogP contribution in [-0.4, -0.2) is 82.7 Å². The Morgan fingerprint density at radius 1 is 1.11 bits per heavy atom. The van der Waals surface area contributed by atoms with Gasteiger partial charge < -0.3 is 26.0 Å². The van der Waals surface area contributed by atoms with Crippen molar-refractivity contribution in [3.05, 3.63) is 60.4 Å². The number of benzene rings is 1. The van der Waals surface area contributed by atoms with Crippen molar-refractivity contribution in [1.82, 2.24) is 30.5 Å². The minimum absolute atomic E-state index is 0.0161. The minimum atomic E-state index is -0.0161. The molecule has 0 radical (unpaired) electrons. The van der Waals surface area contributed by atoms with Crippen LogP contribution >= 0.6 is 0 Å². The molecule has 2 aromatic heterocycles. The highest BCUT2D eigenvalue weighted by Gasteiger charge is 2.25. The fraction of sp³-hybridized carbons (Fsp3) is 0.429. The summed E-state index contributed by atoms with van der Waals surface area (Å²) in [5, 5.41) is 19.0. The Morgan fingerprint density at radius 3 is 2.82 bits per heavy atom. The van der Waals surface area contributed by atoms with Crippen LogP contribution in [0.25, 0.3) is 11.3 Å². The zero-order valence-electron chi connectivity index (χ0n) is 21.6. The van der Waals surface area contributed by atoms with Gasteiger partial charge in [-0.1, -0.05) is 12.1 Å². The first-order chi connectivity index (χ1) is 18.7. The number of anilines is 3. The topological polar surface area (TPSA) is 119 Å². The average Bonchev–Trinajstić information content (AvgIpc) is 3.42. The van der Waals surface area contributed by atoms with Gasteiger partial charge in [0.2, 0.25) is 11.9 Å². The third-order valence-electron chi connectivity index (χ3n) is 7.11. The van der Waals surface area contributed by atoms with E-state index in [9.17, 15) is 9.90 Å². The Bertz CT molecular complexity index is 1200. The van der Waals surface area contributed by atoms with Gasteiger partial charge in [0.15, 0.2) is 0 Å². The number of hydrogen-bond donors (Lipinski definition) is 4. The third kappa shape index (κ3) is 6.83. The lowest BCUT2D eigenvalue weighted by Crippen LogP contribution is -2.47. The first-order valence-electron chi connectivity index (χ1n) is 13.4. The maximum atomic E-state index is 12.3. The summed E-state index contributed by atoms with van der Waals surface area (Å²) in [5.41, 5.74) is 3.34. The summed E-state index contributed by atoms with van der Waals surface area (Å²) in [6.45, 7) is 5.87. The van der Waals surface area contributed by atoms with Crippen molar-refractivity contribution >= 4 is 23.4 Å². The van der Waals surface area contributed by atoms with E-state index in [1.165, 1.54) is 0 Å². The van der Waals surface area contributed by atoms with E-state index in [1.807, 2.05) is 42.6 Å². The number of aromatic nitrogens is 3. The molecule has 2 aliphatic heterocycles. The van der Waals surface area contributed by atoms with E-state index >= 15 is 0 Å². The van der Waals surface area contributed by atoms with Gasteiger partial charge in [0, 0.05) is 69.0 Å². The standard InChI is InChI=1S/C28H36N8O2/c37-20-21-3-1-4-23(17-21)33-28-31-11-9-25(34-28)22-6-7-26(32-18-22)36-14-2-5-24(36)8-10-30-27(38)19-35-15-12-29-13-16-35/h1,3-4,6-7,9,11,17-18,24,29,37H,2,5,8,10,12-16,19-20H2,(H,30,38)(H,31,33,34). The average molecular weight is 517 g/mol. The van der Waals surface area contributed by atoms with Crippen LogP contribution in [-0.2, 0) is 11.4 Å². The summed E-state index contributed by atoms with van der Waals surface area (Å²) < 4.78 is 0. The molecule has 0 spiro atoms. The molecule has 5 rings (SSSR count). The first-order valence-corrected chi connectivity index (χ1v) is 13.4. The van der Waals surface area contributed by atoms with Crippen molar-refractivity contribution in [2.24, 2.45) is 0 Å². The Kier molecular flexibility index (Phi) is 8.75. The van der Waals surface area contributed by atoms with Crippen LogP contribution in [0.4, 0.5) is 17.5 Å². The number of amides is 1. The molecule has 1 atom stereocenters. The molecule has 2 fully saturated rings. The summed E-state index contributed by atoms with van der Waals surface area (Å²) in [6.07, 6.45) is 6.73. The second kappa shape index (κ2) is 12.8. The molecule has 0 saturated carbocycles. The van der Waals surface area contributed by atoms with Crippen molar-refractivity contribution < 1.29 is 9.90 Å². The van der Waals surface area contributed by atoms with Crippen molar-refractivity contribution in [3.8, 4) is 11.3 Å². The number of hydrogen-bond acceptors (Lipinski definition) is 9. The fourth-order valence-corrected chi connectivity index (χ4v) is 5.11. The van der Waals surface area contributed by atoms with Crippen molar-refractivity contribution in [3.63, 3.8) is 0 Å². The van der Waals surface area contributed by atoms with Crippen LogP contribution in [0.2, 0.25) is 0 Å². The molecule has 4 heterocycles. The number of carbonyl (C=O) groups excluding carboxylic acids is 1. The molecule has 38 heavy (non-hydrogen) atoms. The number of rotatable bonds is 10. The lowest BCUT2D eigenvalue weighted by atomic mass is 10.1. The van der Waals surface area contributed by atoms with Gasteiger partial charge in [-0.3, -0.25) is 9.69 Å². The molecule has 10 heteroatoms. The molecule has 3 aromatic rings. The maximum Gasteiger partial charge on any atom is 0.234 e. The minimum Gasteiger partial charge on any atom is -0.392 e. The molecule has 1 unspecified atom stereocenters. The molecule has 2 saturated heterocycles. The van der Waals surface area contributed by atoms with Crippen molar-refractivity contribution in [2.75, 3.05) is 56.0 Å². The Balaban J connectivity index is 1.16. The third-order valence-corrected chi connectivity index (χ3v) is 7.11. The molecule has 0 aliphatic carbocycles. The summed E-state index contributed by atoms with van der Waals surface area (Å²) >= 11 is 0. The van der Waals surface area contributed by atoms with Crippen LogP contribution in [0, 0.1) is 0 Å². The summed E-state index contributed by atoms with van der Waals surface area (Å²) in [6, 6.07) is 13.9. The van der Waals surface area contributed by atoms with Crippen LogP contribution in [0.1, 0.15) is 24.8 Å². The van der Waals surface area contributed by atoms with Gasteiger partial charge >= 0.3 is 0 Å². The molecule has 1 aromatic carbocycles. The molecule has 2 aliphatic rings. The van der Waals surface area contributed by atoms with Gasteiger partial charge in [0.1, 0.15) is 5.82 Å². The highest BCUT2D eigenvalue weighted by Crippen LogP contribution is 2.27. The van der Waals surface area contributed by atoms with Crippen molar-refractivity contribution in [1.29, 1.82) is 0 Å². The molecular formula is C28H36N8O2. The summed E-state index contributed by atoms with van der Waals surface area (Å²) in [7, 11) is 0. The van der Waals surface area contributed by atoms with Crippen LogP contribution in [0.3, 0.4) is 0 Å². The molecule has 1 amide bonds. The van der Waals surface area contributed by atoms with Gasteiger partial charge in [-0.25, -0.2) is 15.0 Å². The Hall–Kier alpha value is -3.60. The van der Waals surface area contributed by atoms with E-state index in [2.05, 4.69) is 41.8 Å². The highest BCUT2D eigenvalue weighted by atomic mass is 16.3. The number of nitrogens with zero attached hydrogens (tertiary/aromatic N) is 5.